The van der Waals surface area contributed by atoms with Gasteiger partial charge in [-0.1, -0.05) is 0 Å². The molecule has 1 saturated heterocycles. The molecule has 0 aromatic heterocycles. The van der Waals surface area contributed by atoms with Crippen molar-refractivity contribution in [1.29, 1.82) is 0 Å². The van der Waals surface area contributed by atoms with E-state index in [9.17, 15) is 22.8 Å². The minimum atomic E-state index is -5.08. The molecule has 1 heterocycles. The Kier molecular flexibility index (Phi) is 7.71. The summed E-state index contributed by atoms with van der Waals surface area (Å²) >= 11 is 0. The number of likely N-dealkylation sites (tertiary alicyclic amines) is 1. The van der Waals surface area contributed by atoms with Gasteiger partial charge in [0.15, 0.2) is 0 Å². The Morgan fingerprint density at radius 3 is 1.90 bits per heavy atom. The topological polar surface area (TPSA) is 104 Å². The molecule has 2 N–H and O–H groups in total. The fourth-order valence-corrected chi connectivity index (χ4v) is 1.68. The lowest BCUT2D eigenvalue weighted by atomic mass is 9.97. The van der Waals surface area contributed by atoms with Crippen LogP contribution in [0.25, 0.3) is 0 Å². The van der Waals surface area contributed by atoms with Crippen molar-refractivity contribution in [2.24, 2.45) is 5.92 Å². The standard InChI is InChI=1S/C9H15NO4.C2HF3O2/c1-14-9(13)7-2-4-10(5-3-7)6-8(11)12;3-2(4,5)1(6)7/h7H,2-6H2,1H3,(H,11,12);(H,6,7). The first-order valence-electron chi connectivity index (χ1n) is 5.90. The molecule has 0 atom stereocenters. The number of piperidine rings is 1. The smallest absolute Gasteiger partial charge is 0.480 e. The number of carbonyl (C=O) groups is 3. The Morgan fingerprint density at radius 1 is 1.19 bits per heavy atom. The van der Waals surface area contributed by atoms with Gasteiger partial charge in [-0.3, -0.25) is 14.5 Å². The van der Waals surface area contributed by atoms with Crippen molar-refractivity contribution >= 4 is 17.9 Å². The van der Waals surface area contributed by atoms with Gasteiger partial charge in [0.25, 0.3) is 0 Å². The molecule has 0 radical (unpaired) electrons. The van der Waals surface area contributed by atoms with Crippen LogP contribution < -0.4 is 0 Å². The summed E-state index contributed by atoms with van der Waals surface area (Å²) in [5.41, 5.74) is 0. The number of methoxy groups -OCH3 is 1. The molecule has 0 aromatic rings. The average Bonchev–Trinajstić information content (AvgIpc) is 2.37. The number of carboxylic acid groups (broad SMARTS) is 2. The molecule has 1 fully saturated rings. The summed E-state index contributed by atoms with van der Waals surface area (Å²) in [6.45, 7) is 1.38. The van der Waals surface area contributed by atoms with Crippen molar-refractivity contribution in [3.8, 4) is 0 Å². The van der Waals surface area contributed by atoms with Crippen molar-refractivity contribution in [2.75, 3.05) is 26.7 Å². The lowest BCUT2D eigenvalue weighted by Gasteiger charge is -2.29. The van der Waals surface area contributed by atoms with Gasteiger partial charge in [-0.05, 0) is 25.9 Å². The molecule has 0 aliphatic carbocycles. The first-order valence-corrected chi connectivity index (χ1v) is 5.90. The van der Waals surface area contributed by atoms with Crippen molar-refractivity contribution < 1.29 is 42.5 Å². The third-order valence-electron chi connectivity index (χ3n) is 2.72. The van der Waals surface area contributed by atoms with Gasteiger partial charge >= 0.3 is 24.1 Å². The van der Waals surface area contributed by atoms with Crippen molar-refractivity contribution in [2.45, 2.75) is 19.0 Å². The number of rotatable bonds is 3. The monoisotopic (exact) mass is 315 g/mol. The number of carboxylic acids is 2. The molecule has 21 heavy (non-hydrogen) atoms. The van der Waals surface area contributed by atoms with Crippen LogP contribution in [-0.4, -0.2) is 65.9 Å². The zero-order valence-corrected chi connectivity index (χ0v) is 11.2. The number of hydrogen-bond acceptors (Lipinski definition) is 5. The van der Waals surface area contributed by atoms with Crippen molar-refractivity contribution in [1.82, 2.24) is 4.90 Å². The number of nitrogens with zero attached hydrogens (tertiary/aromatic N) is 1. The van der Waals surface area contributed by atoms with Crippen LogP contribution in [0.2, 0.25) is 0 Å². The zero-order chi connectivity index (χ0) is 16.6. The Balaban J connectivity index is 0.000000486. The van der Waals surface area contributed by atoms with Crippen LogP contribution in [-0.2, 0) is 19.1 Å². The summed E-state index contributed by atoms with van der Waals surface area (Å²) in [7, 11) is 1.38. The second-order valence-corrected chi connectivity index (χ2v) is 4.27. The number of ether oxygens (including phenoxy) is 1. The van der Waals surface area contributed by atoms with E-state index in [-0.39, 0.29) is 18.4 Å². The maximum Gasteiger partial charge on any atom is 0.490 e. The summed E-state index contributed by atoms with van der Waals surface area (Å²) in [5.74, 6) is -3.81. The maximum absolute atomic E-state index is 11.1. The van der Waals surface area contributed by atoms with Gasteiger partial charge in [0, 0.05) is 0 Å². The molecule has 122 valence electrons. The van der Waals surface area contributed by atoms with Gasteiger partial charge in [0.1, 0.15) is 0 Å². The largest absolute Gasteiger partial charge is 0.490 e. The predicted octanol–water partition coefficient (Wildman–Crippen LogP) is 0.589. The van der Waals surface area contributed by atoms with Crippen molar-refractivity contribution in [3.05, 3.63) is 0 Å². The summed E-state index contributed by atoms with van der Waals surface area (Å²) in [6.07, 6.45) is -3.69. The third-order valence-corrected chi connectivity index (χ3v) is 2.72. The van der Waals surface area contributed by atoms with E-state index in [1.807, 2.05) is 4.90 Å². The summed E-state index contributed by atoms with van der Waals surface area (Å²) in [6, 6.07) is 0. The van der Waals surface area contributed by atoms with Gasteiger partial charge in [0.05, 0.1) is 19.6 Å². The molecule has 10 heteroatoms. The molecule has 0 aromatic carbocycles. The highest BCUT2D eigenvalue weighted by Crippen LogP contribution is 2.17. The summed E-state index contributed by atoms with van der Waals surface area (Å²) in [4.78, 5) is 32.3. The Bertz CT molecular complexity index is 377. The molecule has 1 rings (SSSR count). The lowest BCUT2D eigenvalue weighted by Crippen LogP contribution is -2.39. The van der Waals surface area contributed by atoms with Gasteiger partial charge in [-0.25, -0.2) is 4.79 Å². The molecule has 1 aliphatic rings. The molecule has 0 spiro atoms. The fraction of sp³-hybridized carbons (Fsp3) is 0.727. The molecule has 0 saturated carbocycles. The first kappa shape index (κ1) is 19.2. The molecule has 0 amide bonds. The minimum Gasteiger partial charge on any atom is -0.480 e. The van der Waals surface area contributed by atoms with E-state index in [1.165, 1.54) is 7.11 Å². The fourth-order valence-electron chi connectivity index (χ4n) is 1.68. The molecular formula is C11H16F3NO6. The van der Waals surface area contributed by atoms with Gasteiger partial charge in [0.2, 0.25) is 0 Å². The Hall–Kier alpha value is -1.84. The number of alkyl halides is 3. The van der Waals surface area contributed by atoms with Crippen LogP contribution in [0, 0.1) is 5.92 Å². The number of esters is 1. The lowest BCUT2D eigenvalue weighted by molar-refractivity contribution is -0.192. The molecule has 7 nitrogen and oxygen atoms in total. The average molecular weight is 315 g/mol. The van der Waals surface area contributed by atoms with Crippen LogP contribution >= 0.6 is 0 Å². The van der Waals surface area contributed by atoms with Gasteiger partial charge < -0.3 is 14.9 Å². The van der Waals surface area contributed by atoms with Crippen LogP contribution in [0.1, 0.15) is 12.8 Å². The second-order valence-electron chi connectivity index (χ2n) is 4.27. The highest BCUT2D eigenvalue weighted by molar-refractivity contribution is 5.73. The molecular weight excluding hydrogens is 299 g/mol. The molecule has 1 aliphatic heterocycles. The Labute approximate surface area is 118 Å². The third kappa shape index (κ3) is 8.12. The predicted molar refractivity (Wildman–Crippen MR) is 62.5 cm³/mol. The maximum atomic E-state index is 11.1. The van der Waals surface area contributed by atoms with Crippen LogP contribution in [0.15, 0.2) is 0 Å². The Morgan fingerprint density at radius 2 is 1.62 bits per heavy atom. The zero-order valence-electron chi connectivity index (χ0n) is 11.2. The van der Waals surface area contributed by atoms with Gasteiger partial charge in [-0.2, -0.15) is 13.2 Å². The highest BCUT2D eigenvalue weighted by Gasteiger charge is 2.38. The SMILES string of the molecule is COC(=O)C1CCN(CC(=O)O)CC1.O=C(O)C(F)(F)F. The summed E-state index contributed by atoms with van der Waals surface area (Å²) in [5, 5.41) is 15.7. The minimum absolute atomic E-state index is 0.0509. The van der Waals surface area contributed by atoms with Crippen LogP contribution in [0.4, 0.5) is 13.2 Å². The van der Waals surface area contributed by atoms with Crippen molar-refractivity contribution in [3.63, 3.8) is 0 Å². The second kappa shape index (κ2) is 8.45. The molecule has 0 bridgehead atoms. The number of hydrogen-bond donors (Lipinski definition) is 2. The van der Waals surface area contributed by atoms with E-state index in [0.29, 0.717) is 25.9 Å². The van der Waals surface area contributed by atoms with Crippen LogP contribution in [0.3, 0.4) is 0 Å². The molecule has 0 unspecified atom stereocenters. The number of aliphatic carboxylic acids is 2. The summed E-state index contributed by atoms with van der Waals surface area (Å²) < 4.78 is 36.4. The quantitative estimate of drug-likeness (QED) is 0.734. The van der Waals surface area contributed by atoms with E-state index < -0.39 is 18.1 Å². The van der Waals surface area contributed by atoms with E-state index in [1.54, 1.807) is 0 Å². The first-order chi connectivity index (χ1) is 9.57. The number of carbonyl (C=O) groups excluding carboxylic acids is 1. The highest BCUT2D eigenvalue weighted by atomic mass is 19.4. The van der Waals surface area contributed by atoms with E-state index >= 15 is 0 Å². The van der Waals surface area contributed by atoms with Crippen LogP contribution in [0.5, 0.6) is 0 Å². The van der Waals surface area contributed by atoms with Gasteiger partial charge in [-0.15, -0.1) is 0 Å². The van der Waals surface area contributed by atoms with E-state index in [4.69, 9.17) is 15.0 Å². The normalized spacial score (nSPS) is 16.6. The van der Waals surface area contributed by atoms with E-state index in [2.05, 4.69) is 4.74 Å². The van der Waals surface area contributed by atoms with E-state index in [0.717, 1.165) is 0 Å². The number of halogens is 3.